The smallest absolute Gasteiger partial charge is 0.0809 e. The summed E-state index contributed by atoms with van der Waals surface area (Å²) in [5.74, 6) is 0. The van der Waals surface area contributed by atoms with Crippen LogP contribution in [0.3, 0.4) is 0 Å². The molecule has 0 saturated heterocycles. The molecule has 0 amide bonds. The van der Waals surface area contributed by atoms with E-state index in [0.717, 1.165) is 9.52 Å². The van der Waals surface area contributed by atoms with Gasteiger partial charge in [0, 0.05) is 9.52 Å². The maximum Gasteiger partial charge on any atom is -0.0809 e. The predicted octanol–water partition coefficient (Wildman–Crippen LogP) is 10.6. The molecular weight excluding hydrogens is 563 g/mol. The third-order valence-electron chi connectivity index (χ3n) is 5.54. The predicted molar refractivity (Wildman–Crippen MR) is 157 cm³/mol. The molecule has 0 aliphatic rings. The fourth-order valence-electron chi connectivity index (χ4n) is 3.88. The summed E-state index contributed by atoms with van der Waals surface area (Å²) in [6, 6.07) is 34.9. The maximum atomic E-state index is 4.93. The fraction of sp³-hybridized carbons (Fsp3) is 0.226. The first-order valence-corrected chi connectivity index (χ1v) is 20.3. The third-order valence-corrected chi connectivity index (χ3v) is 5.54. The van der Waals surface area contributed by atoms with Crippen molar-refractivity contribution in [1.29, 1.82) is 0 Å². The molecule has 0 N–H and O–H groups in total. The molecule has 0 aliphatic carbocycles. The molecule has 0 aliphatic heterocycles. The summed E-state index contributed by atoms with van der Waals surface area (Å²) in [6.07, 6.45) is 3.72. The fourth-order valence-corrected chi connectivity index (χ4v) is 3.88. The van der Waals surface area contributed by atoms with Crippen molar-refractivity contribution in [3.8, 4) is 11.1 Å². The van der Waals surface area contributed by atoms with Crippen LogP contribution in [-0.4, -0.2) is 9.52 Å². The second-order valence-electron chi connectivity index (χ2n) is 8.37. The van der Waals surface area contributed by atoms with Gasteiger partial charge in [0.1, 0.15) is 0 Å². The van der Waals surface area contributed by atoms with Crippen LogP contribution in [-0.2, 0) is 27.3 Å². The number of unbranched alkanes of at least 4 members (excludes halogenated alkanes) is 1. The summed E-state index contributed by atoms with van der Waals surface area (Å²) in [6.45, 7) is 8.69. The second kappa shape index (κ2) is 17.1. The van der Waals surface area contributed by atoms with E-state index in [2.05, 4.69) is 124 Å². The van der Waals surface area contributed by atoms with E-state index < -0.39 is 20.8 Å². The van der Waals surface area contributed by atoms with E-state index in [1.165, 1.54) is 63.1 Å². The van der Waals surface area contributed by atoms with E-state index in [-0.39, 0.29) is 0 Å². The van der Waals surface area contributed by atoms with E-state index in [9.17, 15) is 0 Å². The molecule has 0 fully saturated rings. The van der Waals surface area contributed by atoms with Gasteiger partial charge in [0.25, 0.3) is 0 Å². The molecule has 0 saturated carbocycles. The first-order valence-electron chi connectivity index (χ1n) is 12.0. The Balaban J connectivity index is 0.000000237. The molecule has 0 heterocycles. The largest absolute Gasteiger partial charge is 0.168 e. The first-order chi connectivity index (χ1) is 17.1. The van der Waals surface area contributed by atoms with Crippen molar-refractivity contribution in [3.05, 3.63) is 108 Å². The molecule has 4 heteroatoms. The zero-order valence-electron chi connectivity index (χ0n) is 21.1. The monoisotopic (exact) mass is 594 g/mol. The Morgan fingerprint density at radius 1 is 0.857 bits per heavy atom. The minimum Gasteiger partial charge on any atom is -0.168 e. The van der Waals surface area contributed by atoms with Crippen LogP contribution in [0.2, 0.25) is 13.1 Å². The van der Waals surface area contributed by atoms with Gasteiger partial charge in [-0.2, -0.15) is 23.6 Å². The summed E-state index contributed by atoms with van der Waals surface area (Å²) < 4.78 is 0. The van der Waals surface area contributed by atoms with Crippen molar-refractivity contribution in [2.75, 3.05) is 0 Å². The van der Waals surface area contributed by atoms with Gasteiger partial charge in [-0.1, -0.05) is 80.4 Å². The minimum atomic E-state index is -0.826. The van der Waals surface area contributed by atoms with Gasteiger partial charge in [-0.25, -0.2) is 0 Å². The number of hydrogen-bond acceptors (Lipinski definition) is 0. The molecule has 0 bridgehead atoms. The van der Waals surface area contributed by atoms with Gasteiger partial charge >= 0.3 is 37.9 Å². The quantitative estimate of drug-likeness (QED) is 0.143. The minimum absolute atomic E-state index is 0.826. The molecule has 2 radical (unpaired) electrons. The Bertz CT molecular complexity index is 1210. The second-order valence-corrected chi connectivity index (χ2v) is 13.1. The van der Waals surface area contributed by atoms with Gasteiger partial charge < -0.3 is 0 Å². The summed E-state index contributed by atoms with van der Waals surface area (Å²) in [7, 11) is 11.0. The third kappa shape index (κ3) is 9.85. The van der Waals surface area contributed by atoms with Gasteiger partial charge in [0.05, 0.1) is 0 Å². The van der Waals surface area contributed by atoms with Crippen molar-refractivity contribution in [3.63, 3.8) is 0 Å². The molecule has 35 heavy (non-hydrogen) atoms. The molecule has 5 aromatic carbocycles. The molecule has 5 rings (SSSR count). The Morgan fingerprint density at radius 3 is 2.17 bits per heavy atom. The van der Waals surface area contributed by atoms with Crippen LogP contribution >= 0.6 is 17.0 Å². The zero-order valence-corrected chi connectivity index (χ0v) is 26.1. The van der Waals surface area contributed by atoms with Gasteiger partial charge in [-0.15, -0.1) is 64.2 Å². The molecule has 0 nitrogen and oxygen atoms in total. The molecule has 0 aromatic heterocycles. The normalized spacial score (nSPS) is 9.77. The van der Waals surface area contributed by atoms with Crippen LogP contribution < -0.4 is 0 Å². The Kier molecular flexibility index (Phi) is 14.5. The molecule has 180 valence electrons. The van der Waals surface area contributed by atoms with Crippen molar-refractivity contribution < 1.29 is 20.8 Å². The first kappa shape index (κ1) is 29.8. The summed E-state index contributed by atoms with van der Waals surface area (Å²) in [5.41, 5.74) is 5.45. The van der Waals surface area contributed by atoms with Gasteiger partial charge in [-0.05, 0) is 18.9 Å². The number of fused-ring (bicyclic) bond motifs is 2. The van der Waals surface area contributed by atoms with Crippen molar-refractivity contribution in [2.45, 2.75) is 46.2 Å². The van der Waals surface area contributed by atoms with Crippen molar-refractivity contribution in [1.82, 2.24) is 0 Å². The molecular formula is C31H34Cl2SiZr. The standard InChI is InChI=1S/C20H21.C9H7.C2H6Si.2ClH.Zr/c1-3-4-6-16-13-18-7-5-8-19(20(18)14-16)17-11-9-15(2)10-12-17;1-2-5-9-7-3-6-8(9)4-1;1-3-2;;;/h5,7-14H,3-4,6H2,1-2H3;1-7H;1-2H3;2*1H;/q2*-1;;;;+4/p-2. The Morgan fingerprint density at radius 2 is 1.51 bits per heavy atom. The SMILES string of the molecule is CCCCc1cc2c(-c3ccc(C)cc3)cccc2[cH-]1.C[Si]C.[Cl][Zr+2][Cl].c1ccc2[cH-]ccc2c1. The van der Waals surface area contributed by atoms with Crippen LogP contribution in [0.25, 0.3) is 32.7 Å². The van der Waals surface area contributed by atoms with Crippen LogP contribution in [0, 0.1) is 6.92 Å². The number of halogens is 2. The van der Waals surface area contributed by atoms with Crippen LogP contribution in [0.15, 0.2) is 97.1 Å². The van der Waals surface area contributed by atoms with Gasteiger partial charge in [-0.3, -0.25) is 0 Å². The molecule has 0 atom stereocenters. The Labute approximate surface area is 232 Å². The topological polar surface area (TPSA) is 0 Å². The summed E-state index contributed by atoms with van der Waals surface area (Å²) in [4.78, 5) is 0. The number of hydrogen-bond donors (Lipinski definition) is 0. The summed E-state index contributed by atoms with van der Waals surface area (Å²) in [5, 5.41) is 5.42. The number of rotatable bonds is 4. The molecule has 5 aromatic rings. The number of benzene rings is 3. The van der Waals surface area contributed by atoms with Crippen LogP contribution in [0.4, 0.5) is 0 Å². The van der Waals surface area contributed by atoms with E-state index in [4.69, 9.17) is 17.0 Å². The van der Waals surface area contributed by atoms with Crippen molar-refractivity contribution in [2.24, 2.45) is 0 Å². The average molecular weight is 597 g/mol. The van der Waals surface area contributed by atoms with E-state index in [0.29, 0.717) is 0 Å². The van der Waals surface area contributed by atoms with Crippen LogP contribution in [0.5, 0.6) is 0 Å². The zero-order chi connectivity index (χ0) is 25.5. The molecule has 0 unspecified atom stereocenters. The summed E-state index contributed by atoms with van der Waals surface area (Å²) >= 11 is -0.826. The average Bonchev–Trinajstić information content (AvgIpc) is 3.51. The van der Waals surface area contributed by atoms with E-state index >= 15 is 0 Å². The maximum absolute atomic E-state index is 4.93. The van der Waals surface area contributed by atoms with E-state index in [1.54, 1.807) is 0 Å². The Hall–Kier alpha value is -1.44. The van der Waals surface area contributed by atoms with E-state index in [1.807, 2.05) is 0 Å². The van der Waals surface area contributed by atoms with Gasteiger partial charge in [0.15, 0.2) is 0 Å². The van der Waals surface area contributed by atoms with Gasteiger partial charge in [0.2, 0.25) is 0 Å². The van der Waals surface area contributed by atoms with Crippen molar-refractivity contribution >= 4 is 48.1 Å². The van der Waals surface area contributed by atoms with Crippen LogP contribution in [0.1, 0.15) is 30.9 Å². The number of aryl methyl sites for hydroxylation is 2. The molecule has 0 spiro atoms.